The molecule has 1 aliphatic rings. The lowest BCUT2D eigenvalue weighted by Gasteiger charge is -2.16. The summed E-state index contributed by atoms with van der Waals surface area (Å²) in [5, 5.41) is 3.98. The Hall–Kier alpha value is -3.59. The minimum atomic E-state index is -0.293. The maximum absolute atomic E-state index is 13.2. The van der Waals surface area contributed by atoms with Gasteiger partial charge in [0, 0.05) is 12.2 Å². The highest BCUT2D eigenvalue weighted by atomic mass is 32.2. The normalized spacial score (nSPS) is 13.8. The first-order valence-corrected chi connectivity index (χ1v) is 12.4. The molecule has 2 heterocycles. The fraction of sp³-hybridized carbons (Fsp3) is 0.280. The number of carbonyl (C=O) groups excluding carboxylic acids is 1. The highest BCUT2D eigenvalue weighted by Gasteiger charge is 2.15. The fourth-order valence-corrected chi connectivity index (χ4v) is 5.10. The average molecular weight is 476 g/mol. The van der Waals surface area contributed by atoms with Crippen LogP contribution in [0.4, 0.5) is 5.69 Å². The number of nitrogens with one attached hydrogen (secondary N) is 3. The van der Waals surface area contributed by atoms with Crippen LogP contribution < -0.4 is 16.6 Å². The van der Waals surface area contributed by atoms with Crippen LogP contribution in [-0.2, 0) is 11.3 Å². The van der Waals surface area contributed by atoms with E-state index in [9.17, 15) is 14.4 Å². The van der Waals surface area contributed by atoms with Gasteiger partial charge in [0.25, 0.3) is 5.56 Å². The molecule has 0 spiro atoms. The van der Waals surface area contributed by atoms with Crippen molar-refractivity contribution in [2.24, 2.45) is 0 Å². The second-order valence-electron chi connectivity index (χ2n) is 8.40. The van der Waals surface area contributed by atoms with Crippen molar-refractivity contribution < 1.29 is 4.79 Å². The van der Waals surface area contributed by atoms with E-state index in [1.165, 1.54) is 30.2 Å². The highest BCUT2D eigenvalue weighted by Crippen LogP contribution is 2.23. The molecule has 0 saturated heterocycles. The van der Waals surface area contributed by atoms with Crippen molar-refractivity contribution >= 4 is 45.3 Å². The molecule has 0 atom stereocenters. The van der Waals surface area contributed by atoms with Gasteiger partial charge >= 0.3 is 5.69 Å². The lowest BCUT2D eigenvalue weighted by molar-refractivity contribution is -0.113. The maximum atomic E-state index is 13.2. The van der Waals surface area contributed by atoms with Crippen LogP contribution in [0.2, 0.25) is 0 Å². The van der Waals surface area contributed by atoms with Crippen molar-refractivity contribution in [3.8, 4) is 0 Å². The largest absolute Gasteiger partial charge is 0.325 e. The molecular weight excluding hydrogens is 450 g/mol. The molecule has 0 aliphatic heterocycles. The van der Waals surface area contributed by atoms with E-state index in [0.29, 0.717) is 39.3 Å². The molecule has 3 N–H and O–H groups in total. The molecule has 0 radical (unpaired) electrons. The average Bonchev–Trinajstić information content (AvgIpc) is 3.22. The molecule has 0 bridgehead atoms. The molecule has 5 rings (SSSR count). The van der Waals surface area contributed by atoms with Gasteiger partial charge in [-0.3, -0.25) is 14.2 Å². The lowest BCUT2D eigenvalue weighted by Crippen LogP contribution is -2.24. The Morgan fingerprint density at radius 3 is 2.79 bits per heavy atom. The predicted molar refractivity (Wildman–Crippen MR) is 135 cm³/mol. The number of carbonyl (C=O) groups is 1. The first kappa shape index (κ1) is 22.2. The molecule has 1 amide bonds. The second-order valence-corrected chi connectivity index (χ2v) is 9.35. The van der Waals surface area contributed by atoms with E-state index in [2.05, 4.69) is 21.4 Å². The first-order chi connectivity index (χ1) is 16.6. The smallest absolute Gasteiger partial charge is 0.323 e. The van der Waals surface area contributed by atoms with E-state index >= 15 is 0 Å². The highest BCUT2D eigenvalue weighted by molar-refractivity contribution is 7.99. The third-order valence-electron chi connectivity index (χ3n) is 6.00. The van der Waals surface area contributed by atoms with Crippen LogP contribution in [0.1, 0.15) is 32.1 Å². The van der Waals surface area contributed by atoms with E-state index in [-0.39, 0.29) is 22.9 Å². The van der Waals surface area contributed by atoms with Gasteiger partial charge < -0.3 is 15.3 Å². The number of nitrogens with zero attached hydrogens (tertiary/aromatic N) is 2. The Morgan fingerprint density at radius 2 is 1.94 bits per heavy atom. The number of benzene rings is 2. The van der Waals surface area contributed by atoms with Gasteiger partial charge in [0.2, 0.25) is 5.91 Å². The Bertz CT molecular complexity index is 1510. The van der Waals surface area contributed by atoms with Crippen LogP contribution >= 0.6 is 11.8 Å². The molecule has 0 saturated carbocycles. The first-order valence-electron chi connectivity index (χ1n) is 11.4. The summed E-state index contributed by atoms with van der Waals surface area (Å²) in [6.45, 7) is 0.546. The summed E-state index contributed by atoms with van der Waals surface area (Å²) in [5.41, 5.74) is 3.53. The minimum Gasteiger partial charge on any atom is -0.325 e. The van der Waals surface area contributed by atoms with Crippen LogP contribution in [0, 0.1) is 0 Å². The zero-order valence-corrected chi connectivity index (χ0v) is 19.4. The van der Waals surface area contributed by atoms with Gasteiger partial charge in [-0.15, -0.1) is 0 Å². The Labute approximate surface area is 199 Å². The minimum absolute atomic E-state index is 0.0771. The van der Waals surface area contributed by atoms with Crippen LogP contribution in [-0.4, -0.2) is 31.2 Å². The molecule has 1 aliphatic carbocycles. The Morgan fingerprint density at radius 1 is 1.09 bits per heavy atom. The molecule has 2 aromatic carbocycles. The molecule has 9 heteroatoms. The van der Waals surface area contributed by atoms with Crippen molar-refractivity contribution in [1.29, 1.82) is 0 Å². The summed E-state index contributed by atoms with van der Waals surface area (Å²) in [5.74, 6) is -0.110. The monoisotopic (exact) mass is 475 g/mol. The second kappa shape index (κ2) is 9.72. The van der Waals surface area contributed by atoms with Gasteiger partial charge in [0.15, 0.2) is 5.16 Å². The number of para-hydroxylation sites is 1. The van der Waals surface area contributed by atoms with Gasteiger partial charge in [-0.2, -0.15) is 0 Å². The summed E-state index contributed by atoms with van der Waals surface area (Å²) < 4.78 is 1.70. The molecular formula is C25H25N5O3S. The van der Waals surface area contributed by atoms with Crippen molar-refractivity contribution in [3.05, 3.63) is 75.0 Å². The molecule has 34 heavy (non-hydrogen) atoms. The van der Waals surface area contributed by atoms with E-state index in [1.54, 1.807) is 28.8 Å². The number of rotatable bonds is 7. The van der Waals surface area contributed by atoms with Gasteiger partial charge in [-0.05, 0) is 62.4 Å². The van der Waals surface area contributed by atoms with Gasteiger partial charge in [-0.25, -0.2) is 9.78 Å². The standard InChI is InChI=1S/C25H25N5O3S/c31-22(26-17-10-11-20-21(14-17)28-24(33)27-20)15-34-25-29-19-9-5-4-8-18(19)23(32)30(25)13-12-16-6-2-1-3-7-16/h4-6,8-11,14H,1-3,7,12-13,15H2,(H,26,31)(H2,27,28,33). The number of amides is 1. The van der Waals surface area contributed by atoms with Crippen LogP contribution in [0.3, 0.4) is 0 Å². The summed E-state index contributed by atoms with van der Waals surface area (Å²) in [7, 11) is 0. The number of thioether (sulfide) groups is 1. The Kier molecular flexibility index (Phi) is 6.35. The number of aromatic nitrogens is 4. The third-order valence-corrected chi connectivity index (χ3v) is 6.98. The molecule has 0 unspecified atom stereocenters. The van der Waals surface area contributed by atoms with Crippen molar-refractivity contribution in [3.63, 3.8) is 0 Å². The topological polar surface area (TPSA) is 113 Å². The van der Waals surface area contributed by atoms with Crippen LogP contribution in [0.25, 0.3) is 21.9 Å². The summed E-state index contributed by atoms with van der Waals surface area (Å²) in [4.78, 5) is 47.4. The molecule has 2 aromatic heterocycles. The number of allylic oxidation sites excluding steroid dienone is 2. The lowest BCUT2D eigenvalue weighted by atomic mass is 9.97. The fourth-order valence-electron chi connectivity index (χ4n) is 4.28. The number of imidazole rings is 1. The maximum Gasteiger partial charge on any atom is 0.323 e. The Balaban J connectivity index is 1.34. The number of aromatic amines is 2. The van der Waals surface area contributed by atoms with Crippen molar-refractivity contribution in [2.75, 3.05) is 11.1 Å². The predicted octanol–water partition coefficient (Wildman–Crippen LogP) is 4.19. The van der Waals surface area contributed by atoms with E-state index < -0.39 is 0 Å². The van der Waals surface area contributed by atoms with Gasteiger partial charge in [0.05, 0.1) is 27.7 Å². The van der Waals surface area contributed by atoms with E-state index in [4.69, 9.17) is 4.98 Å². The SMILES string of the molecule is O=C(CSc1nc2ccccc2c(=O)n1CCC1=CCCCC1)Nc1ccc2[nH]c(=O)[nH]c2c1. The van der Waals surface area contributed by atoms with Crippen LogP contribution in [0.5, 0.6) is 0 Å². The summed E-state index contributed by atoms with van der Waals surface area (Å²) in [6.07, 6.45) is 7.71. The zero-order valence-electron chi connectivity index (χ0n) is 18.6. The number of hydrogen-bond acceptors (Lipinski definition) is 5. The molecule has 8 nitrogen and oxygen atoms in total. The number of H-pyrrole nitrogens is 2. The molecule has 0 fully saturated rings. The van der Waals surface area contributed by atoms with Gasteiger partial charge in [0.1, 0.15) is 0 Å². The summed E-state index contributed by atoms with van der Waals surface area (Å²) >= 11 is 1.25. The number of fused-ring (bicyclic) bond motifs is 2. The molecule has 4 aromatic rings. The third kappa shape index (κ3) is 4.84. The van der Waals surface area contributed by atoms with E-state index in [1.807, 2.05) is 18.2 Å². The zero-order chi connectivity index (χ0) is 23.5. The van der Waals surface area contributed by atoms with Crippen molar-refractivity contribution in [1.82, 2.24) is 19.5 Å². The quantitative estimate of drug-likeness (QED) is 0.211. The van der Waals surface area contributed by atoms with Crippen LogP contribution in [0.15, 0.2) is 68.9 Å². The number of anilines is 1. The van der Waals surface area contributed by atoms with Gasteiger partial charge in [-0.1, -0.05) is 35.5 Å². The molecule has 174 valence electrons. The number of hydrogen-bond donors (Lipinski definition) is 3. The van der Waals surface area contributed by atoms with Crippen molar-refractivity contribution in [2.45, 2.75) is 43.8 Å². The van der Waals surface area contributed by atoms with E-state index in [0.717, 1.165) is 19.3 Å². The summed E-state index contributed by atoms with van der Waals surface area (Å²) in [6, 6.07) is 12.5.